The lowest BCUT2D eigenvalue weighted by Gasteiger charge is -2.15. The number of anilines is 2. The Hall–Kier alpha value is -3.30. The van der Waals surface area contributed by atoms with E-state index in [0.717, 1.165) is 5.39 Å². The maximum Gasteiger partial charge on any atom is 0.416 e. The van der Waals surface area contributed by atoms with Crippen LogP contribution in [0, 0.1) is 0 Å². The van der Waals surface area contributed by atoms with E-state index < -0.39 is 35.2 Å². The highest BCUT2D eigenvalue weighted by molar-refractivity contribution is 6.01. The number of hydrogen-bond acceptors (Lipinski definition) is 2. The molecule has 0 bridgehead atoms. The predicted octanol–water partition coefficient (Wildman–Crippen LogP) is 5.92. The van der Waals surface area contributed by atoms with Crippen molar-refractivity contribution in [1.82, 2.24) is 4.98 Å². The molecule has 1 heterocycles. The predicted molar refractivity (Wildman–Crippen MR) is 90.8 cm³/mol. The largest absolute Gasteiger partial charge is 0.416 e. The summed E-state index contributed by atoms with van der Waals surface area (Å²) >= 11 is 0. The van der Waals surface area contributed by atoms with E-state index in [-0.39, 0.29) is 11.8 Å². The van der Waals surface area contributed by atoms with Crippen molar-refractivity contribution in [2.45, 2.75) is 12.4 Å². The third kappa shape index (κ3) is 4.51. The first-order chi connectivity index (χ1) is 13.0. The van der Waals surface area contributed by atoms with E-state index in [9.17, 15) is 31.1 Å². The Morgan fingerprint density at radius 2 is 1.39 bits per heavy atom. The lowest BCUT2D eigenvalue weighted by Crippen LogP contribution is -2.20. The van der Waals surface area contributed by atoms with Crippen LogP contribution < -0.4 is 10.6 Å². The summed E-state index contributed by atoms with van der Waals surface area (Å²) in [5, 5.41) is 5.13. The fraction of sp³-hybridized carbons (Fsp3) is 0.111. The summed E-state index contributed by atoms with van der Waals surface area (Å²) in [5.74, 6) is 0. The smallest absolute Gasteiger partial charge is 0.308 e. The number of urea groups is 1. The van der Waals surface area contributed by atoms with Gasteiger partial charge in [0.2, 0.25) is 0 Å². The summed E-state index contributed by atoms with van der Waals surface area (Å²) in [6, 6.07) is 8.04. The summed E-state index contributed by atoms with van der Waals surface area (Å²) < 4.78 is 77.2. The second kappa shape index (κ2) is 7.02. The van der Waals surface area contributed by atoms with Crippen molar-refractivity contribution in [2.75, 3.05) is 10.6 Å². The quantitative estimate of drug-likeness (QED) is 0.526. The molecule has 3 rings (SSSR count). The summed E-state index contributed by atoms with van der Waals surface area (Å²) in [6.07, 6.45) is -8.47. The number of nitrogens with zero attached hydrogens (tertiary/aromatic N) is 1. The molecule has 146 valence electrons. The Bertz CT molecular complexity index is 997. The van der Waals surface area contributed by atoms with Crippen LogP contribution in [-0.2, 0) is 12.4 Å². The second-order valence-electron chi connectivity index (χ2n) is 5.78. The molecule has 0 saturated heterocycles. The van der Waals surface area contributed by atoms with Crippen molar-refractivity contribution in [3.8, 4) is 0 Å². The molecule has 3 aromatic rings. The summed E-state index contributed by atoms with van der Waals surface area (Å²) in [7, 11) is 0. The van der Waals surface area contributed by atoms with Crippen molar-refractivity contribution in [3.05, 3.63) is 65.9 Å². The highest BCUT2D eigenvalue weighted by atomic mass is 19.4. The fourth-order valence-corrected chi connectivity index (χ4v) is 2.46. The standard InChI is InChI=1S/C18H11F6N3O/c19-17(20,21)11-6-12(18(22,23)24)8-14(7-11)27-16(28)26-13-4-3-10-2-1-5-25-15(10)9-13/h1-9H,(H2,26,27,28). The van der Waals surface area contributed by atoms with Crippen molar-refractivity contribution >= 4 is 28.3 Å². The van der Waals surface area contributed by atoms with Gasteiger partial charge in [-0.2, -0.15) is 26.3 Å². The van der Waals surface area contributed by atoms with Gasteiger partial charge in [-0.25, -0.2) is 4.79 Å². The van der Waals surface area contributed by atoms with Crippen molar-refractivity contribution in [1.29, 1.82) is 0 Å². The van der Waals surface area contributed by atoms with Crippen LogP contribution in [0.25, 0.3) is 10.9 Å². The number of pyridine rings is 1. The van der Waals surface area contributed by atoms with Crippen LogP contribution in [0.1, 0.15) is 11.1 Å². The van der Waals surface area contributed by atoms with Gasteiger partial charge < -0.3 is 10.6 Å². The summed E-state index contributed by atoms with van der Waals surface area (Å²) in [5.41, 5.74) is -2.86. The number of alkyl halides is 6. The molecular formula is C18H11F6N3O. The average Bonchev–Trinajstić information content (AvgIpc) is 2.59. The first-order valence-electron chi connectivity index (χ1n) is 7.75. The molecule has 0 fully saturated rings. The van der Waals surface area contributed by atoms with E-state index in [0.29, 0.717) is 17.6 Å². The lowest BCUT2D eigenvalue weighted by atomic mass is 10.1. The Morgan fingerprint density at radius 3 is 2.00 bits per heavy atom. The van der Waals surface area contributed by atoms with E-state index in [2.05, 4.69) is 10.3 Å². The van der Waals surface area contributed by atoms with Crippen LogP contribution in [0.3, 0.4) is 0 Å². The van der Waals surface area contributed by atoms with Gasteiger partial charge in [0.25, 0.3) is 0 Å². The van der Waals surface area contributed by atoms with Crippen LogP contribution in [0.5, 0.6) is 0 Å². The van der Waals surface area contributed by atoms with Crippen LogP contribution >= 0.6 is 0 Å². The normalized spacial score (nSPS) is 12.1. The van der Waals surface area contributed by atoms with Gasteiger partial charge in [0.1, 0.15) is 0 Å². The third-order valence-corrected chi connectivity index (χ3v) is 3.71. The molecule has 0 saturated carbocycles. The number of nitrogens with one attached hydrogen (secondary N) is 2. The maximum absolute atomic E-state index is 12.9. The molecule has 4 nitrogen and oxygen atoms in total. The first kappa shape index (κ1) is 19.5. The summed E-state index contributed by atoms with van der Waals surface area (Å²) in [6.45, 7) is 0. The number of rotatable bonds is 2. The fourth-order valence-electron chi connectivity index (χ4n) is 2.46. The monoisotopic (exact) mass is 399 g/mol. The van der Waals surface area contributed by atoms with Gasteiger partial charge in [-0.05, 0) is 36.4 Å². The first-order valence-corrected chi connectivity index (χ1v) is 7.75. The van der Waals surface area contributed by atoms with Crippen molar-refractivity contribution in [2.24, 2.45) is 0 Å². The molecule has 0 unspecified atom stereocenters. The number of amides is 2. The molecule has 10 heteroatoms. The Morgan fingerprint density at radius 1 is 0.786 bits per heavy atom. The molecule has 0 radical (unpaired) electrons. The third-order valence-electron chi connectivity index (χ3n) is 3.71. The van der Waals surface area contributed by atoms with Gasteiger partial charge in [0.05, 0.1) is 16.6 Å². The van der Waals surface area contributed by atoms with Gasteiger partial charge in [0, 0.05) is 23.0 Å². The van der Waals surface area contributed by atoms with E-state index >= 15 is 0 Å². The zero-order valence-corrected chi connectivity index (χ0v) is 13.8. The van der Waals surface area contributed by atoms with Gasteiger partial charge >= 0.3 is 18.4 Å². The van der Waals surface area contributed by atoms with E-state index in [1.807, 2.05) is 5.32 Å². The Kier molecular flexibility index (Phi) is 4.88. The van der Waals surface area contributed by atoms with E-state index in [1.165, 1.54) is 18.3 Å². The lowest BCUT2D eigenvalue weighted by molar-refractivity contribution is -0.143. The van der Waals surface area contributed by atoms with E-state index in [4.69, 9.17) is 0 Å². The highest BCUT2D eigenvalue weighted by Gasteiger charge is 2.37. The average molecular weight is 399 g/mol. The number of fused-ring (bicyclic) bond motifs is 1. The molecule has 0 spiro atoms. The molecule has 2 N–H and O–H groups in total. The number of carbonyl (C=O) groups excluding carboxylic acids is 1. The topological polar surface area (TPSA) is 54.0 Å². The molecule has 2 amide bonds. The minimum Gasteiger partial charge on any atom is -0.308 e. The zero-order valence-electron chi connectivity index (χ0n) is 13.8. The molecule has 0 aliphatic carbocycles. The molecule has 2 aromatic carbocycles. The van der Waals surface area contributed by atoms with E-state index in [1.54, 1.807) is 18.2 Å². The number of benzene rings is 2. The minimum absolute atomic E-state index is 0.0158. The van der Waals surface area contributed by atoms with Crippen LogP contribution in [0.15, 0.2) is 54.7 Å². The highest BCUT2D eigenvalue weighted by Crippen LogP contribution is 2.37. The van der Waals surface area contributed by atoms with Crippen molar-refractivity contribution in [3.63, 3.8) is 0 Å². The Balaban J connectivity index is 1.84. The molecule has 0 aliphatic heterocycles. The van der Waals surface area contributed by atoms with Crippen LogP contribution in [0.4, 0.5) is 42.5 Å². The Labute approximate surface area is 154 Å². The SMILES string of the molecule is O=C(Nc1cc(C(F)(F)F)cc(C(F)(F)F)c1)Nc1ccc2cccnc2c1. The molecule has 28 heavy (non-hydrogen) atoms. The molecule has 0 aliphatic rings. The zero-order chi connectivity index (χ0) is 20.5. The van der Waals surface area contributed by atoms with Gasteiger partial charge in [-0.1, -0.05) is 12.1 Å². The maximum atomic E-state index is 12.9. The number of aromatic nitrogens is 1. The summed E-state index contributed by atoms with van der Waals surface area (Å²) in [4.78, 5) is 16.1. The van der Waals surface area contributed by atoms with Crippen LogP contribution in [-0.4, -0.2) is 11.0 Å². The van der Waals surface area contributed by atoms with Gasteiger partial charge in [-0.15, -0.1) is 0 Å². The number of carbonyl (C=O) groups is 1. The van der Waals surface area contributed by atoms with Gasteiger partial charge in [0.15, 0.2) is 0 Å². The molecular weight excluding hydrogens is 388 g/mol. The molecule has 1 aromatic heterocycles. The number of hydrogen-bond donors (Lipinski definition) is 2. The van der Waals surface area contributed by atoms with Gasteiger partial charge in [-0.3, -0.25) is 4.98 Å². The van der Waals surface area contributed by atoms with Crippen LogP contribution in [0.2, 0.25) is 0 Å². The van der Waals surface area contributed by atoms with Crippen molar-refractivity contribution < 1.29 is 31.1 Å². The molecule has 0 atom stereocenters. The minimum atomic E-state index is -5.00. The second-order valence-corrected chi connectivity index (χ2v) is 5.78. The number of halogens is 6.